The molecule has 0 saturated carbocycles. The van der Waals surface area contributed by atoms with Gasteiger partial charge in [0.2, 0.25) is 0 Å². The third-order valence-electron chi connectivity index (χ3n) is 2.86. The Morgan fingerprint density at radius 2 is 1.95 bits per heavy atom. The van der Waals surface area contributed by atoms with Crippen molar-refractivity contribution in [2.45, 2.75) is 6.92 Å². The molecule has 1 unspecified atom stereocenters. The number of anilines is 1. The number of benzene rings is 2. The zero-order valence-electron chi connectivity index (χ0n) is 12.0. The first-order valence-corrected chi connectivity index (χ1v) is 9.22. The summed E-state index contributed by atoms with van der Waals surface area (Å²) in [5, 5.41) is 8.19. The lowest BCUT2D eigenvalue weighted by Crippen LogP contribution is -2.12. The lowest BCUT2D eigenvalue weighted by atomic mass is 10.2. The maximum absolute atomic E-state index is 13.0. The van der Waals surface area contributed by atoms with Gasteiger partial charge in [-0.3, -0.25) is 9.93 Å². The quantitative estimate of drug-likeness (QED) is 0.315. The summed E-state index contributed by atoms with van der Waals surface area (Å²) < 4.78 is 24.4. The molecule has 0 bridgehead atoms. The van der Waals surface area contributed by atoms with E-state index in [0.29, 0.717) is 22.3 Å². The van der Waals surface area contributed by atoms with E-state index in [-0.39, 0.29) is 10.3 Å². The SMILES string of the molecule is CCOP(=O)(Oc1ccc(N)c(C(=N)I)c1)c1ccccc1. The minimum absolute atomic E-state index is 0.260. The number of hydrogen-bond donors (Lipinski definition) is 2. The number of nitrogen functional groups attached to an aromatic ring is 1. The Hall–Kier alpha value is -1.37. The van der Waals surface area contributed by atoms with Crippen LogP contribution in [0.2, 0.25) is 0 Å². The topological polar surface area (TPSA) is 85.4 Å². The third kappa shape index (κ3) is 3.88. The van der Waals surface area contributed by atoms with Crippen molar-refractivity contribution in [3.05, 3.63) is 54.1 Å². The van der Waals surface area contributed by atoms with Gasteiger partial charge in [-0.1, -0.05) is 18.2 Å². The van der Waals surface area contributed by atoms with Gasteiger partial charge in [0.25, 0.3) is 0 Å². The highest BCUT2D eigenvalue weighted by atomic mass is 127. The highest BCUT2D eigenvalue weighted by Gasteiger charge is 2.28. The van der Waals surface area contributed by atoms with Gasteiger partial charge in [-0.25, -0.2) is 4.57 Å². The highest BCUT2D eigenvalue weighted by molar-refractivity contribution is 14.1. The van der Waals surface area contributed by atoms with Crippen LogP contribution >= 0.6 is 30.2 Å². The average Bonchev–Trinajstić information content (AvgIpc) is 2.50. The molecule has 0 heterocycles. The van der Waals surface area contributed by atoms with Crippen LogP contribution in [0.15, 0.2) is 48.5 Å². The fourth-order valence-corrected chi connectivity index (χ4v) is 3.90. The standard InChI is InChI=1S/C15H16IN2O3P/c1-2-20-22(19,12-6-4-3-5-7-12)21-11-8-9-14(17)13(10-11)15(16)18/h3-10,18H,2,17H2,1H3. The largest absolute Gasteiger partial charge is 0.421 e. The van der Waals surface area contributed by atoms with E-state index in [0.717, 1.165) is 0 Å². The van der Waals surface area contributed by atoms with E-state index in [1.165, 1.54) is 0 Å². The maximum Gasteiger partial charge on any atom is 0.410 e. The first-order valence-electron chi connectivity index (χ1n) is 6.60. The zero-order valence-corrected chi connectivity index (χ0v) is 15.0. The molecule has 2 rings (SSSR count). The predicted molar refractivity (Wildman–Crippen MR) is 97.6 cm³/mol. The Morgan fingerprint density at radius 3 is 2.55 bits per heavy atom. The van der Waals surface area contributed by atoms with Gasteiger partial charge in [0.1, 0.15) is 9.47 Å². The molecule has 0 aliphatic heterocycles. The number of halogens is 1. The van der Waals surface area contributed by atoms with Gasteiger partial charge in [-0.15, -0.1) is 0 Å². The number of nitrogens with two attached hydrogens (primary N) is 1. The number of rotatable bonds is 6. The molecule has 0 amide bonds. The molecule has 22 heavy (non-hydrogen) atoms. The third-order valence-corrected chi connectivity index (χ3v) is 5.42. The van der Waals surface area contributed by atoms with E-state index in [2.05, 4.69) is 0 Å². The normalized spacial score (nSPS) is 13.4. The summed E-state index contributed by atoms with van der Waals surface area (Å²) in [7, 11) is -3.47. The summed E-state index contributed by atoms with van der Waals surface area (Å²) in [6.45, 7) is 2.02. The van der Waals surface area contributed by atoms with Crippen LogP contribution in [-0.4, -0.2) is 10.3 Å². The molecule has 0 aliphatic carbocycles. The molecule has 7 heteroatoms. The number of nitrogens with one attached hydrogen (secondary N) is 1. The van der Waals surface area contributed by atoms with Crippen LogP contribution in [0.5, 0.6) is 5.75 Å². The fraction of sp³-hybridized carbons (Fsp3) is 0.133. The lowest BCUT2D eigenvalue weighted by molar-refractivity contribution is 0.289. The Labute approximate surface area is 143 Å². The van der Waals surface area contributed by atoms with Crippen LogP contribution in [0.25, 0.3) is 0 Å². The van der Waals surface area contributed by atoms with E-state index in [4.69, 9.17) is 20.2 Å². The summed E-state index contributed by atoms with van der Waals surface area (Å²) in [6, 6.07) is 13.6. The maximum atomic E-state index is 13.0. The monoisotopic (exact) mass is 430 g/mol. The van der Waals surface area contributed by atoms with Crippen LogP contribution in [0.3, 0.4) is 0 Å². The lowest BCUT2D eigenvalue weighted by Gasteiger charge is -2.19. The second-order valence-electron chi connectivity index (χ2n) is 4.41. The van der Waals surface area contributed by atoms with Gasteiger partial charge in [0.15, 0.2) is 0 Å². The van der Waals surface area contributed by atoms with Crippen LogP contribution in [0.4, 0.5) is 5.69 Å². The summed E-state index contributed by atoms with van der Waals surface area (Å²) in [4.78, 5) is 0. The molecule has 5 nitrogen and oxygen atoms in total. The van der Waals surface area contributed by atoms with E-state index in [9.17, 15) is 4.57 Å². The van der Waals surface area contributed by atoms with Crippen molar-refractivity contribution in [2.75, 3.05) is 12.3 Å². The van der Waals surface area contributed by atoms with E-state index >= 15 is 0 Å². The molecule has 3 N–H and O–H groups in total. The molecule has 2 aromatic carbocycles. The molecular weight excluding hydrogens is 414 g/mol. The molecule has 0 aromatic heterocycles. The molecule has 0 spiro atoms. The number of hydrogen-bond acceptors (Lipinski definition) is 5. The van der Waals surface area contributed by atoms with Crippen molar-refractivity contribution in [1.82, 2.24) is 0 Å². The first-order chi connectivity index (χ1) is 10.5. The van der Waals surface area contributed by atoms with Crippen LogP contribution in [0.1, 0.15) is 12.5 Å². The summed E-state index contributed by atoms with van der Waals surface area (Å²) in [5.74, 6) is 0.353. The summed E-state index contributed by atoms with van der Waals surface area (Å²) in [5.41, 5.74) is 6.83. The van der Waals surface area contributed by atoms with E-state index in [1.807, 2.05) is 28.7 Å². The van der Waals surface area contributed by atoms with Gasteiger partial charge in [0, 0.05) is 11.3 Å². The molecule has 2 aromatic rings. The van der Waals surface area contributed by atoms with Gasteiger partial charge >= 0.3 is 7.60 Å². The van der Waals surface area contributed by atoms with Gasteiger partial charge in [-0.2, -0.15) is 0 Å². The molecular formula is C15H16IN2O3P. The molecule has 0 saturated heterocycles. The van der Waals surface area contributed by atoms with Crippen LogP contribution < -0.4 is 15.6 Å². The Bertz CT molecular complexity index is 722. The van der Waals surface area contributed by atoms with Crippen molar-refractivity contribution in [3.63, 3.8) is 0 Å². The second kappa shape index (κ2) is 7.26. The van der Waals surface area contributed by atoms with Crippen LogP contribution in [-0.2, 0) is 9.09 Å². The van der Waals surface area contributed by atoms with Gasteiger partial charge in [0.05, 0.1) is 11.9 Å². The minimum atomic E-state index is -3.47. The van der Waals surface area contributed by atoms with Crippen molar-refractivity contribution in [1.29, 1.82) is 5.41 Å². The predicted octanol–water partition coefficient (Wildman–Crippen LogP) is 3.96. The summed E-state index contributed by atoms with van der Waals surface area (Å²) in [6.07, 6.45) is 0. The van der Waals surface area contributed by atoms with Crippen molar-refractivity contribution < 1.29 is 13.6 Å². The Balaban J connectivity index is 2.39. The molecule has 0 radical (unpaired) electrons. The minimum Gasteiger partial charge on any atom is -0.421 e. The van der Waals surface area contributed by atoms with Crippen molar-refractivity contribution >= 4 is 44.9 Å². The van der Waals surface area contributed by atoms with Crippen molar-refractivity contribution in [2.24, 2.45) is 0 Å². The average molecular weight is 430 g/mol. The Kier molecular flexibility index (Phi) is 5.61. The zero-order chi connectivity index (χ0) is 16.2. The first kappa shape index (κ1) is 17.0. The second-order valence-corrected chi connectivity index (χ2v) is 7.44. The highest BCUT2D eigenvalue weighted by Crippen LogP contribution is 2.47. The molecule has 116 valence electrons. The fourth-order valence-electron chi connectivity index (χ4n) is 1.86. The smallest absolute Gasteiger partial charge is 0.410 e. The molecule has 1 atom stereocenters. The van der Waals surface area contributed by atoms with E-state index in [1.54, 1.807) is 49.4 Å². The van der Waals surface area contributed by atoms with E-state index < -0.39 is 7.60 Å². The molecule has 0 fully saturated rings. The summed E-state index contributed by atoms with van der Waals surface area (Å²) >= 11 is 1.86. The van der Waals surface area contributed by atoms with Gasteiger partial charge < -0.3 is 10.3 Å². The van der Waals surface area contributed by atoms with Crippen LogP contribution in [0, 0.1) is 5.41 Å². The molecule has 0 aliphatic rings. The van der Waals surface area contributed by atoms with Gasteiger partial charge in [-0.05, 0) is 59.8 Å². The van der Waals surface area contributed by atoms with Crippen molar-refractivity contribution in [3.8, 4) is 5.75 Å². The Morgan fingerprint density at radius 1 is 1.27 bits per heavy atom.